The molecule has 0 saturated heterocycles. The van der Waals surface area contributed by atoms with Crippen LogP contribution in [0.15, 0.2) is 24.3 Å². The molecule has 0 atom stereocenters. The number of Topliss-reactive ketones (excluding diaryl/α,β-unsaturated/α-hetero) is 1. The molecule has 19 heavy (non-hydrogen) atoms. The van der Waals surface area contributed by atoms with Gasteiger partial charge in [-0.15, -0.1) is 0 Å². The predicted octanol–water partition coefficient (Wildman–Crippen LogP) is 3.07. The highest BCUT2D eigenvalue weighted by Gasteiger charge is 2.22. The Morgan fingerprint density at radius 3 is 2.89 bits per heavy atom. The second kappa shape index (κ2) is 4.65. The lowest BCUT2D eigenvalue weighted by molar-refractivity contribution is 0.0972. The third kappa shape index (κ3) is 2.21. The summed E-state index contributed by atoms with van der Waals surface area (Å²) in [7, 11) is 0. The van der Waals surface area contributed by atoms with E-state index in [-0.39, 0.29) is 0 Å². The van der Waals surface area contributed by atoms with Crippen molar-refractivity contribution in [1.82, 2.24) is 9.55 Å². The summed E-state index contributed by atoms with van der Waals surface area (Å²) in [6, 6.07) is 8.12. The molecule has 0 aliphatic heterocycles. The Morgan fingerprint density at radius 1 is 1.26 bits per heavy atom. The van der Waals surface area contributed by atoms with Gasteiger partial charge >= 0.3 is 0 Å². The largest absolute Gasteiger partial charge is 0.342 e. The van der Waals surface area contributed by atoms with Gasteiger partial charge in [0.2, 0.25) is 0 Å². The number of fused-ring (bicyclic) bond motifs is 1. The van der Waals surface area contributed by atoms with Crippen molar-refractivity contribution in [3.63, 3.8) is 0 Å². The summed E-state index contributed by atoms with van der Waals surface area (Å²) in [6.07, 6.45) is 2.66. The number of ketones is 1. The minimum Gasteiger partial charge on any atom is -0.342 e. The van der Waals surface area contributed by atoms with Crippen LogP contribution in [-0.4, -0.2) is 15.3 Å². The van der Waals surface area contributed by atoms with Gasteiger partial charge in [-0.3, -0.25) is 9.78 Å². The van der Waals surface area contributed by atoms with Crippen molar-refractivity contribution in [2.24, 2.45) is 0 Å². The summed E-state index contributed by atoms with van der Waals surface area (Å²) in [4.78, 5) is 16.5. The molecule has 3 heteroatoms. The zero-order chi connectivity index (χ0) is 13.4. The van der Waals surface area contributed by atoms with Crippen LogP contribution in [0.5, 0.6) is 0 Å². The molecule has 2 aromatic heterocycles. The van der Waals surface area contributed by atoms with E-state index in [1.54, 1.807) is 0 Å². The fourth-order valence-corrected chi connectivity index (χ4v) is 2.86. The SMILES string of the molecule is Cc1cccc(Cn2c(C)cc3c2CCCC3=O)n1. The van der Waals surface area contributed by atoms with Crippen molar-refractivity contribution >= 4 is 5.78 Å². The summed E-state index contributed by atoms with van der Waals surface area (Å²) in [5.41, 5.74) is 5.36. The molecular weight excluding hydrogens is 236 g/mol. The summed E-state index contributed by atoms with van der Waals surface area (Å²) in [5.74, 6) is 0.292. The average Bonchev–Trinajstić information content (AvgIpc) is 2.69. The smallest absolute Gasteiger partial charge is 0.164 e. The molecule has 1 aliphatic rings. The predicted molar refractivity (Wildman–Crippen MR) is 74.5 cm³/mol. The van der Waals surface area contributed by atoms with Crippen LogP contribution < -0.4 is 0 Å². The number of aromatic nitrogens is 2. The van der Waals surface area contributed by atoms with Crippen LogP contribution in [0.1, 0.15) is 46.0 Å². The van der Waals surface area contributed by atoms with Crippen molar-refractivity contribution in [3.05, 3.63) is 52.6 Å². The van der Waals surface area contributed by atoms with Crippen LogP contribution in [0.25, 0.3) is 0 Å². The van der Waals surface area contributed by atoms with Crippen LogP contribution in [0, 0.1) is 13.8 Å². The quantitative estimate of drug-likeness (QED) is 0.825. The first-order valence-corrected chi connectivity index (χ1v) is 6.80. The van der Waals surface area contributed by atoms with Crippen molar-refractivity contribution < 1.29 is 4.79 Å². The zero-order valence-corrected chi connectivity index (χ0v) is 11.4. The number of carbonyl (C=O) groups excluding carboxylic acids is 1. The van der Waals surface area contributed by atoms with E-state index >= 15 is 0 Å². The molecule has 0 spiro atoms. The number of pyridine rings is 1. The number of hydrogen-bond acceptors (Lipinski definition) is 2. The normalized spacial score (nSPS) is 14.5. The van der Waals surface area contributed by atoms with Crippen molar-refractivity contribution in [2.75, 3.05) is 0 Å². The maximum Gasteiger partial charge on any atom is 0.164 e. The van der Waals surface area contributed by atoms with Gasteiger partial charge in [-0.2, -0.15) is 0 Å². The molecule has 2 heterocycles. The van der Waals surface area contributed by atoms with Crippen molar-refractivity contribution in [1.29, 1.82) is 0 Å². The summed E-state index contributed by atoms with van der Waals surface area (Å²) >= 11 is 0. The number of rotatable bonds is 2. The van der Waals surface area contributed by atoms with E-state index in [1.165, 1.54) is 5.69 Å². The van der Waals surface area contributed by atoms with E-state index in [2.05, 4.69) is 16.5 Å². The molecule has 2 aromatic rings. The molecule has 0 amide bonds. The van der Waals surface area contributed by atoms with Crippen molar-refractivity contribution in [3.8, 4) is 0 Å². The number of aryl methyl sites for hydroxylation is 2. The van der Waals surface area contributed by atoms with Gasteiger partial charge in [-0.05, 0) is 44.9 Å². The first-order chi connectivity index (χ1) is 9.15. The van der Waals surface area contributed by atoms with Gasteiger partial charge in [0.25, 0.3) is 0 Å². The molecule has 0 radical (unpaired) electrons. The fraction of sp³-hybridized carbons (Fsp3) is 0.375. The Bertz CT molecular complexity index is 640. The second-order valence-corrected chi connectivity index (χ2v) is 5.28. The Kier molecular flexibility index (Phi) is 2.97. The van der Waals surface area contributed by atoms with E-state index in [0.29, 0.717) is 12.2 Å². The summed E-state index contributed by atoms with van der Waals surface area (Å²) < 4.78 is 2.24. The minimum atomic E-state index is 0.292. The number of nitrogens with zero attached hydrogens (tertiary/aromatic N) is 2. The molecule has 0 saturated carbocycles. The topological polar surface area (TPSA) is 34.9 Å². The Morgan fingerprint density at radius 2 is 2.11 bits per heavy atom. The zero-order valence-electron chi connectivity index (χ0n) is 11.4. The van der Waals surface area contributed by atoms with E-state index in [4.69, 9.17) is 0 Å². The lowest BCUT2D eigenvalue weighted by Gasteiger charge is -2.16. The third-order valence-electron chi connectivity index (χ3n) is 3.80. The number of carbonyl (C=O) groups is 1. The average molecular weight is 254 g/mol. The van der Waals surface area contributed by atoms with E-state index in [0.717, 1.165) is 42.0 Å². The first-order valence-electron chi connectivity index (χ1n) is 6.80. The highest BCUT2D eigenvalue weighted by Crippen LogP contribution is 2.25. The number of hydrogen-bond donors (Lipinski definition) is 0. The highest BCUT2D eigenvalue weighted by atomic mass is 16.1. The van der Waals surface area contributed by atoms with Gasteiger partial charge in [-0.25, -0.2) is 0 Å². The summed E-state index contributed by atoms with van der Waals surface area (Å²) in [5, 5.41) is 0. The highest BCUT2D eigenvalue weighted by molar-refractivity contribution is 5.98. The van der Waals surface area contributed by atoms with Crippen LogP contribution in [0.4, 0.5) is 0 Å². The van der Waals surface area contributed by atoms with Crippen LogP contribution in [-0.2, 0) is 13.0 Å². The van der Waals surface area contributed by atoms with E-state index in [9.17, 15) is 4.79 Å². The van der Waals surface area contributed by atoms with Crippen molar-refractivity contribution in [2.45, 2.75) is 39.7 Å². The van der Waals surface area contributed by atoms with E-state index in [1.807, 2.05) is 31.2 Å². The standard InChI is InChI=1S/C16H18N2O/c1-11-5-3-6-13(17-11)10-18-12(2)9-14-15(18)7-4-8-16(14)19/h3,5-6,9H,4,7-8,10H2,1-2H3. The molecule has 98 valence electrons. The molecule has 3 nitrogen and oxygen atoms in total. The molecule has 0 N–H and O–H groups in total. The van der Waals surface area contributed by atoms with Gasteiger partial charge < -0.3 is 4.57 Å². The van der Waals surface area contributed by atoms with Crippen LogP contribution in [0.2, 0.25) is 0 Å². The lowest BCUT2D eigenvalue weighted by Crippen LogP contribution is -2.14. The molecular formula is C16H18N2O. The van der Waals surface area contributed by atoms with E-state index < -0.39 is 0 Å². The van der Waals surface area contributed by atoms with Gasteiger partial charge in [0, 0.05) is 29.1 Å². The third-order valence-corrected chi connectivity index (χ3v) is 3.80. The molecule has 3 rings (SSSR count). The van der Waals surface area contributed by atoms with Crippen LogP contribution in [0.3, 0.4) is 0 Å². The van der Waals surface area contributed by atoms with Crippen LogP contribution >= 0.6 is 0 Å². The Hall–Kier alpha value is -1.90. The monoisotopic (exact) mass is 254 g/mol. The maximum absolute atomic E-state index is 11.9. The molecule has 0 unspecified atom stereocenters. The van der Waals surface area contributed by atoms with Gasteiger partial charge in [0.1, 0.15) is 0 Å². The maximum atomic E-state index is 11.9. The lowest BCUT2D eigenvalue weighted by atomic mass is 9.96. The molecule has 0 aromatic carbocycles. The van der Waals surface area contributed by atoms with Gasteiger partial charge in [0.05, 0.1) is 12.2 Å². The molecule has 0 fully saturated rings. The molecule has 0 bridgehead atoms. The summed E-state index contributed by atoms with van der Waals surface area (Å²) in [6.45, 7) is 4.84. The minimum absolute atomic E-state index is 0.292. The Balaban J connectivity index is 1.99. The Labute approximate surface area is 113 Å². The second-order valence-electron chi connectivity index (χ2n) is 5.28. The van der Waals surface area contributed by atoms with Gasteiger partial charge in [-0.1, -0.05) is 6.07 Å². The molecule has 1 aliphatic carbocycles. The fourth-order valence-electron chi connectivity index (χ4n) is 2.86. The van der Waals surface area contributed by atoms with Gasteiger partial charge in [0.15, 0.2) is 5.78 Å². The first kappa shape index (κ1) is 12.2.